The number of carboxylic acids is 1. The van der Waals surface area contributed by atoms with Crippen molar-refractivity contribution in [1.29, 1.82) is 0 Å². The molecule has 138 valence electrons. The molecule has 1 aliphatic rings. The van der Waals surface area contributed by atoms with Gasteiger partial charge in [-0.05, 0) is 63.2 Å². The zero-order chi connectivity index (χ0) is 18.7. The van der Waals surface area contributed by atoms with E-state index in [1.165, 1.54) is 19.6 Å². The molecule has 2 heterocycles. The summed E-state index contributed by atoms with van der Waals surface area (Å²) in [5.41, 5.74) is 2.54. The molecule has 7 heteroatoms. The van der Waals surface area contributed by atoms with E-state index in [1.54, 1.807) is 12.1 Å². The van der Waals surface area contributed by atoms with E-state index in [2.05, 4.69) is 27.5 Å². The van der Waals surface area contributed by atoms with Gasteiger partial charge in [0.25, 0.3) is 0 Å². The number of rotatable bonds is 5. The monoisotopic (exact) mass is 356 g/mol. The first kappa shape index (κ1) is 18.1. The highest BCUT2D eigenvalue weighted by Crippen LogP contribution is 2.32. The minimum Gasteiger partial charge on any atom is -0.496 e. The first-order valence-corrected chi connectivity index (χ1v) is 8.69. The van der Waals surface area contributed by atoms with Crippen molar-refractivity contribution in [3.63, 3.8) is 0 Å². The number of hydrogen-bond acceptors (Lipinski definition) is 6. The zero-order valence-electron chi connectivity index (χ0n) is 15.3. The zero-order valence-corrected chi connectivity index (χ0v) is 15.3. The lowest BCUT2D eigenvalue weighted by atomic mass is 10.0. The highest BCUT2D eigenvalue weighted by molar-refractivity contribution is 5.89. The number of aryl methyl sites for hydroxylation is 1. The maximum atomic E-state index is 11.1. The Morgan fingerprint density at radius 1 is 1.35 bits per heavy atom. The number of carboxylic acid groups (broad SMARTS) is 1. The molecule has 0 amide bonds. The molecule has 0 unspecified atom stereocenters. The molecule has 1 aliphatic heterocycles. The molecule has 7 nitrogen and oxygen atoms in total. The van der Waals surface area contributed by atoms with Gasteiger partial charge in [0.15, 0.2) is 0 Å². The number of nitrogens with one attached hydrogen (secondary N) is 1. The number of ether oxygens (including phenoxy) is 1. The van der Waals surface area contributed by atoms with Crippen LogP contribution in [-0.2, 0) is 0 Å². The van der Waals surface area contributed by atoms with E-state index in [1.807, 2.05) is 13.0 Å². The number of likely N-dealkylation sites (tertiary alicyclic amines) is 1. The number of carbonyl (C=O) groups is 1. The molecule has 2 N–H and O–H groups in total. The number of methoxy groups -OCH3 is 1. The Balaban J connectivity index is 1.84. The second kappa shape index (κ2) is 7.70. The molecule has 1 saturated heterocycles. The van der Waals surface area contributed by atoms with Crippen LogP contribution in [-0.4, -0.2) is 59.5 Å². The van der Waals surface area contributed by atoms with Crippen LogP contribution in [0.25, 0.3) is 11.3 Å². The van der Waals surface area contributed by atoms with Crippen LogP contribution in [0.15, 0.2) is 24.3 Å². The van der Waals surface area contributed by atoms with Gasteiger partial charge in [0.2, 0.25) is 0 Å². The molecule has 0 spiro atoms. The maximum Gasteiger partial charge on any atom is 0.335 e. The third-order valence-electron chi connectivity index (χ3n) is 4.66. The molecule has 0 aliphatic carbocycles. The molecule has 0 saturated carbocycles. The number of aromatic carboxylic acids is 1. The number of anilines is 1. The molecule has 2 aromatic rings. The van der Waals surface area contributed by atoms with E-state index in [4.69, 9.17) is 9.84 Å². The molecule has 1 atom stereocenters. The lowest BCUT2D eigenvalue weighted by molar-refractivity contribution is 0.0696. The SMILES string of the molecule is COc1cc(C(=O)O)ccc1-c1nnc(N[C@@H]2CCCN(C)C2)cc1C. The van der Waals surface area contributed by atoms with Crippen molar-refractivity contribution in [3.8, 4) is 17.0 Å². The van der Waals surface area contributed by atoms with E-state index in [9.17, 15) is 4.79 Å². The van der Waals surface area contributed by atoms with Crippen molar-refractivity contribution in [2.45, 2.75) is 25.8 Å². The molecule has 26 heavy (non-hydrogen) atoms. The summed E-state index contributed by atoms with van der Waals surface area (Å²) in [6.07, 6.45) is 2.29. The Bertz CT molecular complexity index is 809. The van der Waals surface area contributed by atoms with E-state index in [0.717, 1.165) is 36.5 Å². The van der Waals surface area contributed by atoms with Crippen LogP contribution in [0.3, 0.4) is 0 Å². The lowest BCUT2D eigenvalue weighted by Crippen LogP contribution is -2.39. The minimum atomic E-state index is -0.991. The first-order chi connectivity index (χ1) is 12.5. The summed E-state index contributed by atoms with van der Waals surface area (Å²) in [5, 5.41) is 21.3. The smallest absolute Gasteiger partial charge is 0.335 e. The normalized spacial score (nSPS) is 17.7. The van der Waals surface area contributed by atoms with Gasteiger partial charge in [-0.25, -0.2) is 4.79 Å². The number of piperidine rings is 1. The van der Waals surface area contributed by atoms with Gasteiger partial charge in [-0.3, -0.25) is 0 Å². The second-order valence-electron chi connectivity index (χ2n) is 6.73. The van der Waals surface area contributed by atoms with Crippen molar-refractivity contribution in [2.75, 3.05) is 32.6 Å². The van der Waals surface area contributed by atoms with Crippen molar-refractivity contribution in [3.05, 3.63) is 35.4 Å². The van der Waals surface area contributed by atoms with Gasteiger partial charge in [0.05, 0.1) is 18.4 Å². The Kier molecular flexibility index (Phi) is 5.37. The van der Waals surface area contributed by atoms with Crippen LogP contribution in [0.5, 0.6) is 5.75 Å². The molecule has 1 fully saturated rings. The Morgan fingerprint density at radius 3 is 2.81 bits per heavy atom. The number of aromatic nitrogens is 2. The molecular formula is C19H24N4O3. The Labute approximate surface area is 153 Å². The number of nitrogens with zero attached hydrogens (tertiary/aromatic N) is 3. The number of likely N-dealkylation sites (N-methyl/N-ethyl adjacent to an activating group) is 1. The van der Waals surface area contributed by atoms with Crippen molar-refractivity contribution in [2.24, 2.45) is 0 Å². The third-order valence-corrected chi connectivity index (χ3v) is 4.66. The minimum absolute atomic E-state index is 0.177. The highest BCUT2D eigenvalue weighted by Gasteiger charge is 2.19. The molecule has 1 aromatic heterocycles. The van der Waals surface area contributed by atoms with Gasteiger partial charge < -0.3 is 20.1 Å². The third kappa shape index (κ3) is 3.94. The lowest BCUT2D eigenvalue weighted by Gasteiger charge is -2.30. The highest BCUT2D eigenvalue weighted by atomic mass is 16.5. The molecule has 0 bridgehead atoms. The molecule has 1 aromatic carbocycles. The van der Waals surface area contributed by atoms with Crippen LogP contribution in [0.4, 0.5) is 5.82 Å². The van der Waals surface area contributed by atoms with Gasteiger partial charge in [0, 0.05) is 18.2 Å². The van der Waals surface area contributed by atoms with E-state index in [0.29, 0.717) is 17.5 Å². The summed E-state index contributed by atoms with van der Waals surface area (Å²) in [4.78, 5) is 13.5. The largest absolute Gasteiger partial charge is 0.496 e. The topological polar surface area (TPSA) is 87.6 Å². The fourth-order valence-corrected chi connectivity index (χ4v) is 3.34. The predicted molar refractivity (Wildman–Crippen MR) is 99.9 cm³/mol. The summed E-state index contributed by atoms with van der Waals surface area (Å²) in [7, 11) is 3.64. The van der Waals surface area contributed by atoms with E-state index in [-0.39, 0.29) is 5.56 Å². The Morgan fingerprint density at radius 2 is 2.15 bits per heavy atom. The Hall–Kier alpha value is -2.67. The maximum absolute atomic E-state index is 11.1. The van der Waals surface area contributed by atoms with Crippen LogP contribution < -0.4 is 10.1 Å². The standard InChI is InChI=1S/C19H24N4O3/c1-12-9-17(20-14-5-4-8-23(2)11-14)21-22-18(12)15-7-6-13(19(24)25)10-16(15)26-3/h6-7,9-10,14H,4-5,8,11H2,1-3H3,(H,20,21)(H,24,25)/t14-/m1/s1. The van der Waals surface area contributed by atoms with Crippen molar-refractivity contribution >= 4 is 11.8 Å². The van der Waals surface area contributed by atoms with Gasteiger partial charge >= 0.3 is 5.97 Å². The average Bonchev–Trinajstić information content (AvgIpc) is 2.61. The second-order valence-corrected chi connectivity index (χ2v) is 6.73. The summed E-state index contributed by atoms with van der Waals surface area (Å²) < 4.78 is 5.36. The van der Waals surface area contributed by atoms with Crippen LogP contribution in [0, 0.1) is 6.92 Å². The van der Waals surface area contributed by atoms with Crippen LogP contribution in [0.1, 0.15) is 28.8 Å². The van der Waals surface area contributed by atoms with E-state index >= 15 is 0 Å². The van der Waals surface area contributed by atoms with Gasteiger partial charge in [-0.2, -0.15) is 0 Å². The molecule has 0 radical (unpaired) electrons. The van der Waals surface area contributed by atoms with Gasteiger partial charge in [0.1, 0.15) is 11.6 Å². The van der Waals surface area contributed by atoms with Crippen molar-refractivity contribution in [1.82, 2.24) is 15.1 Å². The fourth-order valence-electron chi connectivity index (χ4n) is 3.34. The van der Waals surface area contributed by atoms with Crippen LogP contribution >= 0.6 is 0 Å². The quantitative estimate of drug-likeness (QED) is 0.851. The summed E-state index contributed by atoms with van der Waals surface area (Å²) in [6, 6.07) is 7.11. The van der Waals surface area contributed by atoms with Crippen LogP contribution in [0.2, 0.25) is 0 Å². The fraction of sp³-hybridized carbons (Fsp3) is 0.421. The van der Waals surface area contributed by atoms with Gasteiger partial charge in [-0.1, -0.05) is 0 Å². The summed E-state index contributed by atoms with van der Waals surface area (Å²) in [6.45, 7) is 4.09. The van der Waals surface area contributed by atoms with Gasteiger partial charge in [-0.15, -0.1) is 10.2 Å². The molecule has 3 rings (SSSR count). The van der Waals surface area contributed by atoms with E-state index < -0.39 is 5.97 Å². The number of benzene rings is 1. The first-order valence-electron chi connectivity index (χ1n) is 8.69. The summed E-state index contributed by atoms with van der Waals surface area (Å²) >= 11 is 0. The predicted octanol–water partition coefficient (Wildman–Crippen LogP) is 2.66. The number of hydrogen-bond donors (Lipinski definition) is 2. The molecular weight excluding hydrogens is 332 g/mol. The average molecular weight is 356 g/mol. The van der Waals surface area contributed by atoms with Crippen molar-refractivity contribution < 1.29 is 14.6 Å². The summed E-state index contributed by atoms with van der Waals surface area (Å²) in [5.74, 6) is 0.235.